The van der Waals surface area contributed by atoms with E-state index in [1.54, 1.807) is 0 Å². The lowest BCUT2D eigenvalue weighted by Crippen LogP contribution is -2.24. The van der Waals surface area contributed by atoms with Crippen LogP contribution in [0.5, 0.6) is 0 Å². The summed E-state index contributed by atoms with van der Waals surface area (Å²) in [5.41, 5.74) is 0. The Morgan fingerprint density at radius 1 is 0.327 bits per heavy atom. The number of allylic oxidation sites excluding steroid dienone is 2. The Morgan fingerprint density at radius 3 is 0.878 bits per heavy atom. The van der Waals surface area contributed by atoms with Crippen molar-refractivity contribution in [2.75, 3.05) is 39.6 Å². The van der Waals surface area contributed by atoms with Crippen molar-refractivity contribution in [2.45, 2.75) is 208 Å². The molecule has 0 saturated carbocycles. The third-order valence-electron chi connectivity index (χ3n) is 8.55. The van der Waals surface area contributed by atoms with Gasteiger partial charge in [0.1, 0.15) is 0 Å². The van der Waals surface area contributed by atoms with Gasteiger partial charge in [-0.2, -0.15) is 0 Å². The third kappa shape index (κ3) is 34.1. The van der Waals surface area contributed by atoms with Crippen LogP contribution in [0.3, 0.4) is 0 Å². The quantitative estimate of drug-likeness (QED) is 0.0358. The molecule has 0 aromatic heterocycles. The molecular formula is C42H82O7. The number of hydrogen-bond donors (Lipinski definition) is 0. The first-order chi connectivity index (χ1) is 24.1. The molecule has 0 aliphatic rings. The van der Waals surface area contributed by atoms with E-state index in [9.17, 15) is 0 Å². The second-order valence-electron chi connectivity index (χ2n) is 12.8. The van der Waals surface area contributed by atoms with Gasteiger partial charge >= 0.3 is 0 Å². The minimum Gasteiger partial charge on any atom is -0.353 e. The van der Waals surface area contributed by atoms with Gasteiger partial charge in [-0.15, -0.1) is 0 Å². The van der Waals surface area contributed by atoms with Gasteiger partial charge in [-0.1, -0.05) is 102 Å². The van der Waals surface area contributed by atoms with Crippen molar-refractivity contribution in [3.63, 3.8) is 0 Å². The molecule has 7 nitrogen and oxygen atoms in total. The van der Waals surface area contributed by atoms with E-state index in [2.05, 4.69) is 24.3 Å². The molecule has 7 heteroatoms. The van der Waals surface area contributed by atoms with Gasteiger partial charge in [-0.05, 0) is 105 Å². The molecule has 0 aliphatic heterocycles. The second-order valence-corrected chi connectivity index (χ2v) is 12.8. The van der Waals surface area contributed by atoms with Crippen molar-refractivity contribution < 1.29 is 33.2 Å². The molecule has 0 spiro atoms. The Hall–Kier alpha value is -0.800. The maximum absolute atomic E-state index is 6.16. The first-order valence-electron chi connectivity index (χ1n) is 20.8. The lowest BCUT2D eigenvalue weighted by Gasteiger charge is -2.20. The number of rotatable bonds is 40. The highest BCUT2D eigenvalue weighted by molar-refractivity contribution is 4.89. The third-order valence-corrected chi connectivity index (χ3v) is 8.55. The minimum absolute atomic E-state index is 0.0129. The zero-order valence-electron chi connectivity index (χ0n) is 33.3. The molecule has 0 rings (SSSR count). The molecule has 292 valence electrons. The van der Waals surface area contributed by atoms with Gasteiger partial charge in [0.15, 0.2) is 25.2 Å². The molecular weight excluding hydrogens is 616 g/mol. The van der Waals surface area contributed by atoms with E-state index in [-0.39, 0.29) is 25.2 Å². The zero-order valence-corrected chi connectivity index (χ0v) is 33.3. The van der Waals surface area contributed by atoms with Gasteiger partial charge in [0.25, 0.3) is 0 Å². The van der Waals surface area contributed by atoms with Gasteiger partial charge < -0.3 is 33.2 Å². The van der Waals surface area contributed by atoms with Crippen molar-refractivity contribution in [1.82, 2.24) is 0 Å². The van der Waals surface area contributed by atoms with E-state index in [0.29, 0.717) is 13.2 Å². The largest absolute Gasteiger partial charge is 0.353 e. The van der Waals surface area contributed by atoms with Crippen LogP contribution in [0.4, 0.5) is 0 Å². The Bertz CT molecular complexity index is 618. The van der Waals surface area contributed by atoms with E-state index in [1.807, 2.05) is 41.5 Å². The Labute approximate surface area is 304 Å². The fourth-order valence-corrected chi connectivity index (χ4v) is 5.95. The molecule has 0 aliphatic carbocycles. The van der Waals surface area contributed by atoms with Crippen LogP contribution in [0.15, 0.2) is 24.3 Å². The lowest BCUT2D eigenvalue weighted by atomic mass is 10.1. The van der Waals surface area contributed by atoms with Crippen molar-refractivity contribution in [3.8, 4) is 0 Å². The summed E-state index contributed by atoms with van der Waals surface area (Å²) in [6, 6.07) is 0. The van der Waals surface area contributed by atoms with E-state index in [4.69, 9.17) is 33.2 Å². The molecule has 0 aromatic carbocycles. The van der Waals surface area contributed by atoms with E-state index < -0.39 is 0 Å². The summed E-state index contributed by atoms with van der Waals surface area (Å²) < 4.78 is 40.4. The van der Waals surface area contributed by atoms with Crippen LogP contribution in [-0.4, -0.2) is 64.8 Å². The average Bonchev–Trinajstić information content (AvgIpc) is 3.09. The van der Waals surface area contributed by atoms with E-state index in [0.717, 1.165) is 52.1 Å². The number of unbranched alkanes of at least 4 members (excludes halogenated alkanes) is 18. The molecule has 0 radical (unpaired) electrons. The summed E-state index contributed by atoms with van der Waals surface area (Å²) in [5.74, 6) is 0. The maximum atomic E-state index is 6.16. The zero-order chi connectivity index (χ0) is 35.9. The number of hydrogen-bond acceptors (Lipinski definition) is 7. The average molecular weight is 699 g/mol. The van der Waals surface area contributed by atoms with Crippen molar-refractivity contribution >= 4 is 0 Å². The van der Waals surface area contributed by atoms with Crippen LogP contribution in [0.25, 0.3) is 0 Å². The summed E-state index contributed by atoms with van der Waals surface area (Å²) in [6.07, 6.45) is 35.2. The monoisotopic (exact) mass is 699 g/mol. The van der Waals surface area contributed by atoms with Gasteiger partial charge in [-0.25, -0.2) is 0 Å². The van der Waals surface area contributed by atoms with Gasteiger partial charge in [0.2, 0.25) is 0 Å². The molecule has 0 saturated heterocycles. The molecule has 0 aromatic rings. The van der Waals surface area contributed by atoms with Crippen molar-refractivity contribution in [3.05, 3.63) is 24.3 Å². The maximum Gasteiger partial charge on any atom is 0.180 e. The van der Waals surface area contributed by atoms with E-state index >= 15 is 0 Å². The fraction of sp³-hybridized carbons (Fsp3) is 0.905. The van der Waals surface area contributed by atoms with Crippen LogP contribution in [0, 0.1) is 0 Å². The molecule has 49 heavy (non-hydrogen) atoms. The van der Waals surface area contributed by atoms with Crippen LogP contribution in [0.1, 0.15) is 183 Å². The normalized spacial score (nSPS) is 13.6. The highest BCUT2D eigenvalue weighted by Gasteiger charge is 2.12. The van der Waals surface area contributed by atoms with Crippen molar-refractivity contribution in [2.24, 2.45) is 0 Å². The van der Waals surface area contributed by atoms with Crippen LogP contribution in [0.2, 0.25) is 0 Å². The molecule has 0 bridgehead atoms. The minimum atomic E-state index is -0.376. The van der Waals surface area contributed by atoms with Gasteiger partial charge in [-0.3, -0.25) is 0 Å². The summed E-state index contributed by atoms with van der Waals surface area (Å²) in [6.45, 7) is 16.3. The van der Waals surface area contributed by atoms with Crippen LogP contribution < -0.4 is 0 Å². The Balaban J connectivity index is 3.95. The number of ether oxygens (including phenoxy) is 7. The van der Waals surface area contributed by atoms with Crippen LogP contribution >= 0.6 is 0 Å². The highest BCUT2D eigenvalue weighted by atomic mass is 16.8. The Morgan fingerprint density at radius 2 is 0.592 bits per heavy atom. The molecule has 0 heterocycles. The summed E-state index contributed by atoms with van der Waals surface area (Å²) in [7, 11) is 0. The summed E-state index contributed by atoms with van der Waals surface area (Å²) in [5, 5.41) is 0. The predicted molar refractivity (Wildman–Crippen MR) is 206 cm³/mol. The summed E-state index contributed by atoms with van der Waals surface area (Å²) >= 11 is 0. The van der Waals surface area contributed by atoms with Gasteiger partial charge in [0.05, 0.1) is 0 Å². The molecule has 0 N–H and O–H groups in total. The molecule has 2 unspecified atom stereocenters. The van der Waals surface area contributed by atoms with Gasteiger partial charge in [0, 0.05) is 39.6 Å². The highest BCUT2D eigenvalue weighted by Crippen LogP contribution is 2.16. The lowest BCUT2D eigenvalue weighted by molar-refractivity contribution is -0.204. The first kappa shape index (κ1) is 48.2. The SMILES string of the molecule is CCOC(C=CCCCCCCCCCCCC(OCC)OCC)OC(C=CCCCCCCCCCCCC(OCC)OCC)OCC. The molecule has 2 atom stereocenters. The molecule has 0 amide bonds. The Kier molecular flexibility index (Phi) is 39.3. The smallest absolute Gasteiger partial charge is 0.180 e. The standard InChI is InChI=1S/C42H82O7/c1-7-43-39(44-8-2)35-31-27-23-19-15-13-17-21-25-29-33-37-41(47-11-5)49-42(48-12-6)38-34-30-26-22-18-14-16-20-24-28-32-36-40(45-9-3)46-10-4/h33-34,37-42H,7-32,35-36H2,1-6H3. The van der Waals surface area contributed by atoms with Crippen LogP contribution in [-0.2, 0) is 33.2 Å². The first-order valence-corrected chi connectivity index (χ1v) is 20.8. The topological polar surface area (TPSA) is 64.6 Å². The van der Waals surface area contributed by atoms with E-state index in [1.165, 1.54) is 116 Å². The second kappa shape index (κ2) is 40.0. The summed E-state index contributed by atoms with van der Waals surface area (Å²) in [4.78, 5) is 0. The molecule has 0 fully saturated rings. The fourth-order valence-electron chi connectivity index (χ4n) is 5.95. The van der Waals surface area contributed by atoms with Crippen molar-refractivity contribution in [1.29, 1.82) is 0 Å². The predicted octanol–water partition coefficient (Wildman–Crippen LogP) is 12.2.